The Labute approximate surface area is 154 Å². The fourth-order valence-corrected chi connectivity index (χ4v) is 3.82. The van der Waals surface area contributed by atoms with Crippen LogP contribution in [0.1, 0.15) is 6.92 Å². The zero-order chi connectivity index (χ0) is 17.9. The van der Waals surface area contributed by atoms with E-state index >= 15 is 0 Å². The molecule has 0 unspecified atom stereocenters. The number of hydrogen-bond acceptors (Lipinski definition) is 4. The molecule has 0 spiro atoms. The van der Waals surface area contributed by atoms with Crippen LogP contribution in [-0.2, 0) is 14.8 Å². The summed E-state index contributed by atoms with van der Waals surface area (Å²) in [5.41, 5.74) is 0.728. The van der Waals surface area contributed by atoms with E-state index in [0.29, 0.717) is 16.4 Å². The molecule has 0 heterocycles. The van der Waals surface area contributed by atoms with E-state index in [1.807, 2.05) is 6.26 Å². The number of sulfonamides is 1. The third-order valence-electron chi connectivity index (χ3n) is 2.96. The molecule has 0 atom stereocenters. The van der Waals surface area contributed by atoms with Crippen molar-refractivity contribution in [2.45, 2.75) is 16.7 Å². The fraction of sp³-hybridized carbons (Fsp3) is 0.133. The minimum atomic E-state index is -3.84. The number of halogens is 2. The smallest absolute Gasteiger partial charge is 0.261 e. The molecule has 2 aromatic carbocycles. The van der Waals surface area contributed by atoms with Gasteiger partial charge in [-0.3, -0.25) is 9.52 Å². The van der Waals surface area contributed by atoms with Crippen LogP contribution in [0, 0.1) is 0 Å². The van der Waals surface area contributed by atoms with Crippen molar-refractivity contribution in [3.05, 3.63) is 46.4 Å². The molecule has 0 radical (unpaired) electrons. The zero-order valence-corrected chi connectivity index (χ0v) is 15.9. The van der Waals surface area contributed by atoms with Crippen LogP contribution in [0.5, 0.6) is 0 Å². The first-order chi connectivity index (χ1) is 11.2. The fourth-order valence-electron chi connectivity index (χ4n) is 1.92. The summed E-state index contributed by atoms with van der Waals surface area (Å²) in [6.45, 7) is 1.36. The maximum Gasteiger partial charge on any atom is 0.261 e. The lowest BCUT2D eigenvalue weighted by atomic mass is 10.3. The Bertz CT molecular complexity index is 886. The summed E-state index contributed by atoms with van der Waals surface area (Å²) in [5.74, 6) is -0.280. The largest absolute Gasteiger partial charge is 0.325 e. The van der Waals surface area contributed by atoms with Crippen molar-refractivity contribution in [3.63, 3.8) is 0 Å². The summed E-state index contributed by atoms with van der Waals surface area (Å²) < 4.78 is 27.5. The Morgan fingerprint density at radius 3 is 2.38 bits per heavy atom. The van der Waals surface area contributed by atoms with Gasteiger partial charge in [0.1, 0.15) is 0 Å². The lowest BCUT2D eigenvalue weighted by Gasteiger charge is -2.12. The predicted octanol–water partition coefficient (Wildman–Crippen LogP) is 4.47. The highest BCUT2D eigenvalue weighted by molar-refractivity contribution is 7.98. The molecule has 2 rings (SSSR count). The first-order valence-electron chi connectivity index (χ1n) is 6.66. The van der Waals surface area contributed by atoms with Gasteiger partial charge in [-0.15, -0.1) is 11.8 Å². The molecule has 0 fully saturated rings. The van der Waals surface area contributed by atoms with Crippen LogP contribution in [0.3, 0.4) is 0 Å². The van der Waals surface area contributed by atoms with Crippen LogP contribution >= 0.6 is 35.0 Å². The topological polar surface area (TPSA) is 75.3 Å². The van der Waals surface area contributed by atoms with Gasteiger partial charge in [0.2, 0.25) is 5.91 Å². The molecule has 0 saturated heterocycles. The summed E-state index contributed by atoms with van der Waals surface area (Å²) in [6.07, 6.45) is 1.84. The van der Waals surface area contributed by atoms with Crippen molar-refractivity contribution in [1.29, 1.82) is 0 Å². The van der Waals surface area contributed by atoms with Crippen LogP contribution in [-0.4, -0.2) is 20.6 Å². The van der Waals surface area contributed by atoms with Gasteiger partial charge in [0.25, 0.3) is 10.0 Å². The van der Waals surface area contributed by atoms with Crippen molar-refractivity contribution in [1.82, 2.24) is 0 Å². The predicted molar refractivity (Wildman–Crippen MR) is 99.8 cm³/mol. The monoisotopic (exact) mass is 404 g/mol. The number of benzene rings is 2. The summed E-state index contributed by atoms with van der Waals surface area (Å²) in [7, 11) is -3.84. The number of hydrogen-bond donors (Lipinski definition) is 2. The molecule has 0 aliphatic heterocycles. The average molecular weight is 405 g/mol. The molecular formula is C15H14Cl2N2O3S2. The van der Waals surface area contributed by atoms with Gasteiger partial charge < -0.3 is 5.32 Å². The van der Waals surface area contributed by atoms with Gasteiger partial charge >= 0.3 is 0 Å². The third kappa shape index (κ3) is 4.57. The number of amides is 1. The standard InChI is InChI=1S/C15H14Cl2N2O3S2/c1-9(20)18-14-8-11(4-6-15(14)23-2)24(21,22)19-10-3-5-12(16)13(17)7-10/h3-8,19H,1-2H3,(H,18,20). The number of thioether (sulfide) groups is 1. The molecule has 2 N–H and O–H groups in total. The number of anilines is 2. The quantitative estimate of drug-likeness (QED) is 0.720. The van der Waals surface area contributed by atoms with E-state index in [9.17, 15) is 13.2 Å². The number of rotatable bonds is 5. The van der Waals surface area contributed by atoms with Crippen LogP contribution in [0.25, 0.3) is 0 Å². The Balaban J connectivity index is 2.37. The van der Waals surface area contributed by atoms with Crippen LogP contribution in [0.2, 0.25) is 10.0 Å². The number of nitrogens with one attached hydrogen (secondary N) is 2. The molecule has 1 amide bonds. The highest BCUT2D eigenvalue weighted by Gasteiger charge is 2.17. The van der Waals surface area contributed by atoms with E-state index in [0.717, 1.165) is 4.90 Å². The molecule has 0 aliphatic carbocycles. The molecule has 9 heteroatoms. The van der Waals surface area contributed by atoms with E-state index in [-0.39, 0.29) is 15.8 Å². The Morgan fingerprint density at radius 1 is 1.08 bits per heavy atom. The lowest BCUT2D eigenvalue weighted by molar-refractivity contribution is -0.114. The summed E-state index contributed by atoms with van der Waals surface area (Å²) >= 11 is 13.1. The minimum absolute atomic E-state index is 0.0233. The third-order valence-corrected chi connectivity index (χ3v) is 5.88. The van der Waals surface area contributed by atoms with Gasteiger partial charge in [0.15, 0.2) is 0 Å². The molecule has 0 saturated carbocycles. The summed E-state index contributed by atoms with van der Waals surface area (Å²) in [4.78, 5) is 12.1. The van der Waals surface area contributed by atoms with Gasteiger partial charge in [0, 0.05) is 11.8 Å². The van der Waals surface area contributed by atoms with Crippen molar-refractivity contribution in [2.75, 3.05) is 16.3 Å². The molecule has 2 aromatic rings. The molecule has 128 valence electrons. The molecule has 0 aromatic heterocycles. The van der Waals surface area contributed by atoms with Gasteiger partial charge in [-0.05, 0) is 42.7 Å². The van der Waals surface area contributed by atoms with E-state index < -0.39 is 10.0 Å². The number of carbonyl (C=O) groups is 1. The van der Waals surface area contributed by atoms with Crippen LogP contribution in [0.4, 0.5) is 11.4 Å². The van der Waals surface area contributed by atoms with Crippen LogP contribution in [0.15, 0.2) is 46.2 Å². The summed E-state index contributed by atoms with van der Waals surface area (Å²) in [5, 5.41) is 3.20. The molecule has 0 aliphatic rings. The van der Waals surface area contributed by atoms with E-state index in [2.05, 4.69) is 10.0 Å². The Kier molecular flexibility index (Phi) is 6.03. The maximum absolute atomic E-state index is 12.5. The second-order valence-corrected chi connectivity index (χ2v) is 8.12. The highest BCUT2D eigenvalue weighted by Crippen LogP contribution is 2.30. The van der Waals surface area contributed by atoms with Gasteiger partial charge in [-0.1, -0.05) is 23.2 Å². The molecule has 0 bridgehead atoms. The first-order valence-corrected chi connectivity index (χ1v) is 10.1. The van der Waals surface area contributed by atoms with E-state index in [1.54, 1.807) is 6.07 Å². The lowest BCUT2D eigenvalue weighted by Crippen LogP contribution is -2.14. The maximum atomic E-state index is 12.5. The Hall–Kier alpha value is -1.41. The van der Waals surface area contributed by atoms with Gasteiger partial charge in [0.05, 0.1) is 26.3 Å². The second-order valence-electron chi connectivity index (χ2n) is 4.78. The van der Waals surface area contributed by atoms with Gasteiger partial charge in [-0.25, -0.2) is 8.42 Å². The zero-order valence-electron chi connectivity index (χ0n) is 12.8. The van der Waals surface area contributed by atoms with Gasteiger partial charge in [-0.2, -0.15) is 0 Å². The van der Waals surface area contributed by atoms with Crippen molar-refractivity contribution >= 4 is 62.3 Å². The number of carbonyl (C=O) groups excluding carboxylic acids is 1. The average Bonchev–Trinajstić information content (AvgIpc) is 2.50. The highest BCUT2D eigenvalue weighted by atomic mass is 35.5. The SMILES string of the molecule is CSc1ccc(S(=O)(=O)Nc2ccc(Cl)c(Cl)c2)cc1NC(C)=O. The molecular weight excluding hydrogens is 391 g/mol. The minimum Gasteiger partial charge on any atom is -0.325 e. The summed E-state index contributed by atoms with van der Waals surface area (Å²) in [6, 6.07) is 8.95. The molecule has 24 heavy (non-hydrogen) atoms. The molecule has 5 nitrogen and oxygen atoms in total. The van der Waals surface area contributed by atoms with E-state index in [4.69, 9.17) is 23.2 Å². The van der Waals surface area contributed by atoms with Crippen molar-refractivity contribution < 1.29 is 13.2 Å². The second kappa shape index (κ2) is 7.65. The Morgan fingerprint density at radius 2 is 1.79 bits per heavy atom. The normalized spacial score (nSPS) is 11.2. The van der Waals surface area contributed by atoms with Crippen molar-refractivity contribution in [3.8, 4) is 0 Å². The first kappa shape index (κ1) is 18.9. The van der Waals surface area contributed by atoms with Crippen molar-refractivity contribution in [2.24, 2.45) is 0 Å². The van der Waals surface area contributed by atoms with Crippen LogP contribution < -0.4 is 10.0 Å². The van der Waals surface area contributed by atoms with E-state index in [1.165, 1.54) is 49.0 Å².